The minimum absolute atomic E-state index is 0.0927. The van der Waals surface area contributed by atoms with Gasteiger partial charge in [-0.25, -0.2) is 13.9 Å². The van der Waals surface area contributed by atoms with Gasteiger partial charge in [-0.15, -0.1) is 0 Å². The molecule has 0 spiro atoms. The average Bonchev–Trinajstić information content (AvgIpc) is 3.34. The van der Waals surface area contributed by atoms with E-state index < -0.39 is 28.0 Å². The van der Waals surface area contributed by atoms with Gasteiger partial charge in [0.25, 0.3) is 5.91 Å². The lowest BCUT2D eigenvalue weighted by Gasteiger charge is -2.33. The van der Waals surface area contributed by atoms with E-state index in [1.165, 1.54) is 29.7 Å². The van der Waals surface area contributed by atoms with Crippen LogP contribution in [0.15, 0.2) is 76.2 Å². The van der Waals surface area contributed by atoms with E-state index in [0.29, 0.717) is 11.5 Å². The topological polar surface area (TPSA) is 138 Å². The van der Waals surface area contributed by atoms with Crippen molar-refractivity contribution in [3.05, 3.63) is 66.9 Å². The highest BCUT2D eigenvalue weighted by Gasteiger charge is 2.40. The van der Waals surface area contributed by atoms with Crippen molar-refractivity contribution in [1.82, 2.24) is 15.1 Å². The third-order valence-electron chi connectivity index (χ3n) is 4.83. The highest BCUT2D eigenvalue weighted by atomic mass is 32.2. The fourth-order valence-corrected chi connectivity index (χ4v) is 4.74. The third kappa shape index (κ3) is 4.35. The molecule has 1 aliphatic rings. The van der Waals surface area contributed by atoms with E-state index in [2.05, 4.69) is 5.32 Å². The van der Waals surface area contributed by atoms with E-state index in [4.69, 9.17) is 14.4 Å². The summed E-state index contributed by atoms with van der Waals surface area (Å²) in [7, 11) is -4.13. The summed E-state index contributed by atoms with van der Waals surface area (Å²) in [5.74, 6) is 0.139. The highest BCUT2D eigenvalue weighted by molar-refractivity contribution is 7.89. The van der Waals surface area contributed by atoms with Gasteiger partial charge in [0.2, 0.25) is 15.9 Å². The zero-order valence-electron chi connectivity index (χ0n) is 16.6. The number of nitrogens with one attached hydrogen (secondary N) is 2. The molecule has 166 valence electrons. The Balaban J connectivity index is 1.50. The van der Waals surface area contributed by atoms with Gasteiger partial charge in [0, 0.05) is 18.5 Å². The lowest BCUT2D eigenvalue weighted by Crippen LogP contribution is -2.61. The number of hydrogen-bond donors (Lipinski definition) is 3. The molecule has 2 amide bonds. The Kier molecular flexibility index (Phi) is 5.95. The number of nitrogens with zero attached hydrogens (tertiary/aromatic N) is 1. The van der Waals surface area contributed by atoms with Crippen molar-refractivity contribution in [3.8, 4) is 22.8 Å². The normalized spacial score (nSPS) is 16.9. The smallest absolute Gasteiger partial charge is 0.282 e. The zero-order chi connectivity index (χ0) is 22.7. The maximum absolute atomic E-state index is 13.0. The molecular weight excluding hydrogens is 438 g/mol. The maximum Gasteiger partial charge on any atom is 0.282 e. The molecule has 0 radical (unpaired) electrons. The number of hydroxylamine groups is 1. The molecule has 2 heterocycles. The summed E-state index contributed by atoms with van der Waals surface area (Å²) < 4.78 is 37.9. The monoisotopic (exact) mass is 457 g/mol. The van der Waals surface area contributed by atoms with Crippen molar-refractivity contribution in [3.63, 3.8) is 0 Å². The molecule has 4 rings (SSSR count). The number of ether oxygens (including phenoxy) is 1. The second kappa shape index (κ2) is 8.83. The summed E-state index contributed by atoms with van der Waals surface area (Å²) in [6.07, 6.45) is -0.0651. The Morgan fingerprint density at radius 3 is 2.34 bits per heavy atom. The molecule has 3 aromatic rings. The Hall–Kier alpha value is -3.67. The number of amides is 2. The number of sulfonamides is 1. The molecule has 0 saturated carbocycles. The Morgan fingerprint density at radius 2 is 1.75 bits per heavy atom. The van der Waals surface area contributed by atoms with E-state index in [1.54, 1.807) is 24.5 Å². The molecule has 32 heavy (non-hydrogen) atoms. The van der Waals surface area contributed by atoms with E-state index in [0.717, 1.165) is 15.6 Å². The maximum atomic E-state index is 13.0. The number of carbonyl (C=O) groups excluding carboxylic acids is 2. The molecular formula is C21H19N3O7S. The van der Waals surface area contributed by atoms with Gasteiger partial charge in [-0.2, -0.15) is 4.31 Å². The van der Waals surface area contributed by atoms with Gasteiger partial charge in [-0.05, 0) is 60.7 Å². The largest absolute Gasteiger partial charge is 0.464 e. The van der Waals surface area contributed by atoms with Gasteiger partial charge in [-0.1, -0.05) is 0 Å². The quantitative estimate of drug-likeness (QED) is 0.380. The molecule has 1 saturated heterocycles. The summed E-state index contributed by atoms with van der Waals surface area (Å²) >= 11 is 0. The van der Waals surface area contributed by atoms with Crippen LogP contribution in [0.3, 0.4) is 0 Å². The number of hydrogen-bond acceptors (Lipinski definition) is 7. The molecule has 11 heteroatoms. The first-order valence-electron chi connectivity index (χ1n) is 9.55. The van der Waals surface area contributed by atoms with Crippen LogP contribution >= 0.6 is 0 Å². The SMILES string of the molecule is O=C1CCN(S(=O)(=O)c2ccc(Oc3ccc(-c4ccco4)cc3)cc2)C(C(=O)NO)N1. The first-order valence-corrected chi connectivity index (χ1v) is 11.0. The first-order chi connectivity index (χ1) is 15.4. The predicted molar refractivity (Wildman–Crippen MR) is 111 cm³/mol. The van der Waals surface area contributed by atoms with Gasteiger partial charge in [0.05, 0.1) is 11.2 Å². The van der Waals surface area contributed by atoms with Gasteiger partial charge < -0.3 is 14.5 Å². The van der Waals surface area contributed by atoms with Crippen molar-refractivity contribution in [1.29, 1.82) is 0 Å². The highest BCUT2D eigenvalue weighted by Crippen LogP contribution is 2.28. The van der Waals surface area contributed by atoms with Crippen LogP contribution in [0.2, 0.25) is 0 Å². The van der Waals surface area contributed by atoms with Gasteiger partial charge in [0.15, 0.2) is 6.17 Å². The standard InChI is InChI=1S/C21H19N3O7S/c25-19-11-12-24(20(22-19)21(26)23-27)32(28,29)17-9-7-16(8-10-17)31-15-5-3-14(4-6-15)18-2-1-13-30-18/h1-10,13,20,27H,11-12H2,(H,22,25)(H,23,26). The molecule has 1 atom stereocenters. The van der Waals surface area contributed by atoms with Crippen LogP contribution in [0.1, 0.15) is 6.42 Å². The molecule has 3 N–H and O–H groups in total. The summed E-state index contributed by atoms with van der Waals surface area (Å²) in [4.78, 5) is 23.3. The second-order valence-corrected chi connectivity index (χ2v) is 8.78. The number of carbonyl (C=O) groups is 2. The van der Waals surface area contributed by atoms with Crippen molar-refractivity contribution in [2.24, 2.45) is 0 Å². The van der Waals surface area contributed by atoms with Crippen LogP contribution in [0, 0.1) is 0 Å². The minimum Gasteiger partial charge on any atom is -0.464 e. The zero-order valence-corrected chi connectivity index (χ0v) is 17.4. The van der Waals surface area contributed by atoms with Gasteiger partial charge in [-0.3, -0.25) is 14.8 Å². The van der Waals surface area contributed by atoms with Crippen LogP contribution in [0.5, 0.6) is 11.5 Å². The Morgan fingerprint density at radius 1 is 1.09 bits per heavy atom. The average molecular weight is 457 g/mol. The van der Waals surface area contributed by atoms with E-state index in [1.807, 2.05) is 18.2 Å². The van der Waals surface area contributed by atoms with E-state index in [-0.39, 0.29) is 17.9 Å². The Labute approximate surface area is 183 Å². The van der Waals surface area contributed by atoms with E-state index >= 15 is 0 Å². The van der Waals surface area contributed by atoms with Crippen LogP contribution in [0.4, 0.5) is 0 Å². The second-order valence-electron chi connectivity index (χ2n) is 6.89. The van der Waals surface area contributed by atoms with Crippen molar-refractivity contribution >= 4 is 21.8 Å². The molecule has 0 aliphatic carbocycles. The molecule has 1 aliphatic heterocycles. The fraction of sp³-hybridized carbons (Fsp3) is 0.143. The van der Waals surface area contributed by atoms with Crippen LogP contribution < -0.4 is 15.5 Å². The summed E-state index contributed by atoms with van der Waals surface area (Å²) in [5.41, 5.74) is 2.26. The predicted octanol–water partition coefficient (Wildman–Crippen LogP) is 2.08. The summed E-state index contributed by atoms with van der Waals surface area (Å²) in [6, 6.07) is 16.5. The lowest BCUT2D eigenvalue weighted by molar-refractivity contribution is -0.140. The van der Waals surface area contributed by atoms with E-state index in [9.17, 15) is 18.0 Å². The lowest BCUT2D eigenvalue weighted by atomic mass is 10.2. The van der Waals surface area contributed by atoms with Gasteiger partial charge >= 0.3 is 0 Å². The molecule has 1 fully saturated rings. The molecule has 0 bridgehead atoms. The van der Waals surface area contributed by atoms with Gasteiger partial charge in [0.1, 0.15) is 17.3 Å². The van der Waals surface area contributed by atoms with Crippen LogP contribution in [-0.2, 0) is 19.6 Å². The molecule has 1 unspecified atom stereocenters. The molecule has 1 aromatic heterocycles. The van der Waals surface area contributed by atoms with Crippen molar-refractivity contribution in [2.75, 3.05) is 6.54 Å². The number of furan rings is 1. The summed E-state index contributed by atoms with van der Waals surface area (Å²) in [5, 5.41) is 11.1. The first kappa shape index (κ1) is 21.6. The van der Waals surface area contributed by atoms with Crippen molar-refractivity contribution in [2.45, 2.75) is 17.5 Å². The van der Waals surface area contributed by atoms with Crippen LogP contribution in [0.25, 0.3) is 11.3 Å². The number of rotatable bonds is 6. The summed E-state index contributed by atoms with van der Waals surface area (Å²) in [6.45, 7) is -0.202. The molecule has 2 aromatic carbocycles. The molecule has 10 nitrogen and oxygen atoms in total. The third-order valence-corrected chi connectivity index (χ3v) is 6.71. The van der Waals surface area contributed by atoms with Crippen LogP contribution in [-0.4, -0.2) is 42.5 Å². The van der Waals surface area contributed by atoms with Crippen molar-refractivity contribution < 1.29 is 32.4 Å². The number of benzene rings is 2. The Bertz CT molecular complexity index is 1210. The minimum atomic E-state index is -4.13. The fourth-order valence-electron chi connectivity index (χ4n) is 3.24.